The van der Waals surface area contributed by atoms with Crippen LogP contribution >= 0.6 is 15.9 Å². The summed E-state index contributed by atoms with van der Waals surface area (Å²) in [7, 11) is 0. The van der Waals surface area contributed by atoms with Crippen molar-refractivity contribution in [1.82, 2.24) is 4.90 Å². The zero-order valence-corrected chi connectivity index (χ0v) is 11.2. The zero-order valence-electron chi connectivity index (χ0n) is 9.57. The predicted octanol–water partition coefficient (Wildman–Crippen LogP) is 3.16. The van der Waals surface area contributed by atoms with Crippen LogP contribution in [0.3, 0.4) is 0 Å². The molecule has 16 heavy (non-hydrogen) atoms. The molecule has 1 amide bonds. The van der Waals surface area contributed by atoms with E-state index in [9.17, 15) is 4.79 Å². The molecule has 1 aliphatic heterocycles. The highest BCUT2D eigenvalue weighted by atomic mass is 79.9. The van der Waals surface area contributed by atoms with Gasteiger partial charge in [0, 0.05) is 19.2 Å². The van der Waals surface area contributed by atoms with Gasteiger partial charge in [0.2, 0.25) is 0 Å². The molecule has 2 rings (SSSR count). The molecule has 3 nitrogen and oxygen atoms in total. The standard InChI is InChI=1S/C12H16BrNO2/c1-8-3-9(2)6-14(5-8)12(15)10-4-11(13)16-7-10/h4,7-9H,3,5-6H2,1-2H3. The van der Waals surface area contributed by atoms with E-state index in [1.165, 1.54) is 12.7 Å². The highest BCUT2D eigenvalue weighted by Crippen LogP contribution is 2.23. The Labute approximate surface area is 104 Å². The van der Waals surface area contributed by atoms with Crippen molar-refractivity contribution in [1.29, 1.82) is 0 Å². The van der Waals surface area contributed by atoms with Crippen molar-refractivity contribution < 1.29 is 9.21 Å². The monoisotopic (exact) mass is 285 g/mol. The molecular weight excluding hydrogens is 270 g/mol. The first kappa shape index (κ1) is 11.7. The number of carbonyl (C=O) groups excluding carboxylic acids is 1. The maximum atomic E-state index is 12.1. The predicted molar refractivity (Wildman–Crippen MR) is 65.3 cm³/mol. The van der Waals surface area contributed by atoms with Crippen LogP contribution in [0.4, 0.5) is 0 Å². The van der Waals surface area contributed by atoms with Crippen LogP contribution in [0.25, 0.3) is 0 Å². The summed E-state index contributed by atoms with van der Waals surface area (Å²) in [5, 5.41) is 0. The van der Waals surface area contributed by atoms with E-state index >= 15 is 0 Å². The Balaban J connectivity index is 2.09. The van der Waals surface area contributed by atoms with Gasteiger partial charge in [0.05, 0.1) is 5.56 Å². The summed E-state index contributed by atoms with van der Waals surface area (Å²) < 4.78 is 5.70. The molecule has 0 radical (unpaired) electrons. The number of hydrogen-bond donors (Lipinski definition) is 0. The molecule has 1 aromatic heterocycles. The number of furan rings is 1. The Morgan fingerprint density at radius 1 is 1.44 bits per heavy atom. The first-order valence-electron chi connectivity index (χ1n) is 5.59. The normalized spacial score (nSPS) is 25.8. The van der Waals surface area contributed by atoms with Crippen molar-refractivity contribution in [3.8, 4) is 0 Å². The summed E-state index contributed by atoms with van der Waals surface area (Å²) in [4.78, 5) is 14.1. The zero-order chi connectivity index (χ0) is 11.7. The molecule has 1 aromatic rings. The highest BCUT2D eigenvalue weighted by Gasteiger charge is 2.26. The van der Waals surface area contributed by atoms with E-state index in [4.69, 9.17) is 4.42 Å². The number of piperidine rings is 1. The summed E-state index contributed by atoms with van der Waals surface area (Å²) >= 11 is 3.21. The number of nitrogens with zero attached hydrogens (tertiary/aromatic N) is 1. The average Bonchev–Trinajstić information content (AvgIpc) is 2.62. The van der Waals surface area contributed by atoms with Gasteiger partial charge in [-0.15, -0.1) is 0 Å². The minimum atomic E-state index is 0.0767. The minimum Gasteiger partial charge on any atom is -0.457 e. The van der Waals surface area contributed by atoms with Gasteiger partial charge in [-0.1, -0.05) is 13.8 Å². The molecule has 0 saturated carbocycles. The third-order valence-electron chi connectivity index (χ3n) is 2.97. The first-order valence-corrected chi connectivity index (χ1v) is 6.39. The topological polar surface area (TPSA) is 33.5 Å². The number of rotatable bonds is 1. The van der Waals surface area contributed by atoms with Gasteiger partial charge in [0.15, 0.2) is 4.67 Å². The molecular formula is C12H16BrNO2. The third kappa shape index (κ3) is 2.48. The molecule has 0 aliphatic carbocycles. The van der Waals surface area contributed by atoms with Gasteiger partial charge < -0.3 is 9.32 Å². The summed E-state index contributed by atoms with van der Waals surface area (Å²) in [6.45, 7) is 6.10. The fourth-order valence-electron chi connectivity index (χ4n) is 2.43. The summed E-state index contributed by atoms with van der Waals surface area (Å²) in [6, 6.07) is 1.73. The molecule has 1 fully saturated rings. The maximum Gasteiger partial charge on any atom is 0.257 e. The van der Waals surface area contributed by atoms with E-state index in [1.807, 2.05) is 4.90 Å². The van der Waals surface area contributed by atoms with E-state index in [-0.39, 0.29) is 5.91 Å². The molecule has 1 aliphatic rings. The smallest absolute Gasteiger partial charge is 0.257 e. The van der Waals surface area contributed by atoms with E-state index in [1.54, 1.807) is 6.07 Å². The van der Waals surface area contributed by atoms with Crippen LogP contribution in [-0.2, 0) is 0 Å². The van der Waals surface area contributed by atoms with Gasteiger partial charge in [-0.05, 0) is 34.2 Å². The summed E-state index contributed by atoms with van der Waals surface area (Å²) in [5.74, 6) is 1.25. The Morgan fingerprint density at radius 2 is 2.06 bits per heavy atom. The molecule has 2 atom stereocenters. The van der Waals surface area contributed by atoms with Crippen LogP contribution in [0.2, 0.25) is 0 Å². The van der Waals surface area contributed by atoms with Crippen molar-refractivity contribution >= 4 is 21.8 Å². The molecule has 4 heteroatoms. The molecule has 2 heterocycles. The van der Waals surface area contributed by atoms with Crippen molar-refractivity contribution in [2.24, 2.45) is 11.8 Å². The number of halogens is 1. The first-order chi connectivity index (χ1) is 7.56. The van der Waals surface area contributed by atoms with Crippen molar-refractivity contribution in [3.05, 3.63) is 22.6 Å². The second-order valence-corrected chi connectivity index (χ2v) is 5.58. The molecule has 0 aromatic carbocycles. The van der Waals surface area contributed by atoms with Crippen LogP contribution in [0.1, 0.15) is 30.6 Å². The van der Waals surface area contributed by atoms with Crippen molar-refractivity contribution in [3.63, 3.8) is 0 Å². The lowest BCUT2D eigenvalue weighted by atomic mass is 9.91. The van der Waals surface area contributed by atoms with Crippen molar-refractivity contribution in [2.75, 3.05) is 13.1 Å². The fraction of sp³-hybridized carbons (Fsp3) is 0.583. The van der Waals surface area contributed by atoms with Crippen LogP contribution in [0.5, 0.6) is 0 Å². The molecule has 0 bridgehead atoms. The highest BCUT2D eigenvalue weighted by molar-refractivity contribution is 9.10. The lowest BCUT2D eigenvalue weighted by molar-refractivity contribution is 0.0622. The van der Waals surface area contributed by atoms with Gasteiger partial charge in [-0.3, -0.25) is 4.79 Å². The summed E-state index contributed by atoms with van der Waals surface area (Å²) in [6.07, 6.45) is 2.72. The second kappa shape index (κ2) is 4.62. The lowest BCUT2D eigenvalue weighted by Gasteiger charge is -2.34. The van der Waals surface area contributed by atoms with Gasteiger partial charge in [-0.25, -0.2) is 0 Å². The SMILES string of the molecule is CC1CC(C)CN(C(=O)c2coc(Br)c2)C1. The molecule has 0 N–H and O–H groups in total. The summed E-state index contributed by atoms with van der Waals surface area (Å²) in [5.41, 5.74) is 0.633. The van der Waals surface area contributed by atoms with Gasteiger partial charge in [0.25, 0.3) is 5.91 Å². The molecule has 0 spiro atoms. The van der Waals surface area contributed by atoms with Gasteiger partial charge >= 0.3 is 0 Å². The Hall–Kier alpha value is -0.770. The third-order valence-corrected chi connectivity index (χ3v) is 3.39. The molecule has 1 saturated heterocycles. The van der Waals surface area contributed by atoms with Crippen molar-refractivity contribution in [2.45, 2.75) is 20.3 Å². The minimum absolute atomic E-state index is 0.0767. The fourth-order valence-corrected chi connectivity index (χ4v) is 2.77. The van der Waals surface area contributed by atoms with E-state index in [0.717, 1.165) is 13.1 Å². The largest absolute Gasteiger partial charge is 0.457 e. The van der Waals surface area contributed by atoms with E-state index < -0.39 is 0 Å². The van der Waals surface area contributed by atoms with E-state index in [2.05, 4.69) is 29.8 Å². The number of hydrogen-bond acceptors (Lipinski definition) is 2. The average molecular weight is 286 g/mol. The van der Waals surface area contributed by atoms with Crippen LogP contribution < -0.4 is 0 Å². The van der Waals surface area contributed by atoms with E-state index in [0.29, 0.717) is 22.1 Å². The van der Waals surface area contributed by atoms with Crippen LogP contribution in [0, 0.1) is 11.8 Å². The number of amides is 1. The molecule has 88 valence electrons. The van der Waals surface area contributed by atoms with Crippen LogP contribution in [-0.4, -0.2) is 23.9 Å². The Morgan fingerprint density at radius 3 is 2.56 bits per heavy atom. The lowest BCUT2D eigenvalue weighted by Crippen LogP contribution is -2.42. The van der Waals surface area contributed by atoms with Gasteiger partial charge in [0.1, 0.15) is 6.26 Å². The number of carbonyl (C=O) groups is 1. The Kier molecular flexibility index (Phi) is 3.38. The molecule has 2 unspecified atom stereocenters. The second-order valence-electron chi connectivity index (χ2n) is 4.80. The number of likely N-dealkylation sites (tertiary alicyclic amines) is 1. The maximum absolute atomic E-state index is 12.1. The van der Waals surface area contributed by atoms with Gasteiger partial charge in [-0.2, -0.15) is 0 Å². The quantitative estimate of drug-likeness (QED) is 0.794. The van der Waals surface area contributed by atoms with Crippen LogP contribution in [0.15, 0.2) is 21.4 Å². The Bertz CT molecular complexity index is 378.